The molecule has 1 N–H and O–H groups in total. The Morgan fingerprint density at radius 2 is 1.95 bits per heavy atom. The highest BCUT2D eigenvalue weighted by atomic mass is 16.5. The molecule has 0 aliphatic carbocycles. The van der Waals surface area contributed by atoms with Crippen molar-refractivity contribution in [2.75, 3.05) is 0 Å². The van der Waals surface area contributed by atoms with Crippen molar-refractivity contribution in [3.63, 3.8) is 0 Å². The van der Waals surface area contributed by atoms with E-state index in [1.807, 2.05) is 13.8 Å². The van der Waals surface area contributed by atoms with Crippen molar-refractivity contribution in [3.8, 4) is 0 Å². The van der Waals surface area contributed by atoms with Gasteiger partial charge in [0.25, 0.3) is 0 Å². The fourth-order valence-electron chi connectivity index (χ4n) is 3.29. The highest BCUT2D eigenvalue weighted by Crippen LogP contribution is 2.40. The molecule has 0 aromatic carbocycles. The SMILES string of the molecule is C=C(C)C1=C2C/C(C)=C/CC/C(C)=C/CC[C@](C)(O2)[C@@H](O)C1. The van der Waals surface area contributed by atoms with E-state index in [4.69, 9.17) is 4.74 Å². The standard InChI is InChI=1S/C20H30O2/c1-14(2)17-13-19(21)20(5)11-7-10-15(3)8-6-9-16(4)12-18(17)22-20/h9-10,19,21H,1,6-8,11-13H2,2-5H3/b15-10+,16-9+/t19-,20-/m0/s1. The molecule has 0 spiro atoms. The Morgan fingerprint density at radius 3 is 2.64 bits per heavy atom. The van der Waals surface area contributed by atoms with Crippen molar-refractivity contribution in [2.24, 2.45) is 0 Å². The second kappa shape index (κ2) is 6.87. The number of ether oxygens (including phenoxy) is 1. The molecule has 2 rings (SSSR count). The molecule has 0 aromatic heterocycles. The number of aliphatic hydroxyl groups is 1. The number of fused-ring (bicyclic) bond motifs is 2. The van der Waals surface area contributed by atoms with E-state index in [0.717, 1.165) is 49.0 Å². The molecule has 2 heteroatoms. The van der Waals surface area contributed by atoms with E-state index in [2.05, 4.69) is 32.6 Å². The number of aliphatic hydroxyl groups excluding tert-OH is 1. The summed E-state index contributed by atoms with van der Waals surface area (Å²) < 4.78 is 6.34. The molecule has 2 bridgehead atoms. The molecule has 0 unspecified atom stereocenters. The molecule has 0 aromatic rings. The van der Waals surface area contributed by atoms with E-state index in [1.165, 1.54) is 11.1 Å². The first-order valence-corrected chi connectivity index (χ1v) is 8.38. The third-order valence-electron chi connectivity index (χ3n) is 4.91. The van der Waals surface area contributed by atoms with Crippen LogP contribution in [-0.4, -0.2) is 16.8 Å². The van der Waals surface area contributed by atoms with Crippen LogP contribution in [0.25, 0.3) is 0 Å². The predicted octanol–water partition coefficient (Wildman–Crippen LogP) is 5.21. The summed E-state index contributed by atoms with van der Waals surface area (Å²) in [7, 11) is 0. The van der Waals surface area contributed by atoms with E-state index in [1.54, 1.807) is 0 Å². The topological polar surface area (TPSA) is 29.5 Å². The van der Waals surface area contributed by atoms with Crippen LogP contribution in [-0.2, 0) is 4.74 Å². The summed E-state index contributed by atoms with van der Waals surface area (Å²) in [6.07, 6.45) is 9.62. The highest BCUT2D eigenvalue weighted by Gasteiger charge is 2.40. The smallest absolute Gasteiger partial charge is 0.132 e. The Labute approximate surface area is 135 Å². The summed E-state index contributed by atoms with van der Waals surface area (Å²) in [5.74, 6) is 1.01. The van der Waals surface area contributed by atoms with Gasteiger partial charge < -0.3 is 9.84 Å². The largest absolute Gasteiger partial charge is 0.489 e. The average molecular weight is 302 g/mol. The molecule has 2 atom stereocenters. The van der Waals surface area contributed by atoms with Gasteiger partial charge >= 0.3 is 0 Å². The number of hydrogen-bond acceptors (Lipinski definition) is 2. The molecule has 2 heterocycles. The van der Waals surface area contributed by atoms with Gasteiger partial charge in [0, 0.05) is 12.8 Å². The van der Waals surface area contributed by atoms with E-state index < -0.39 is 11.7 Å². The van der Waals surface area contributed by atoms with E-state index in [-0.39, 0.29) is 0 Å². The first-order chi connectivity index (χ1) is 10.3. The molecule has 22 heavy (non-hydrogen) atoms. The summed E-state index contributed by atoms with van der Waals surface area (Å²) in [4.78, 5) is 0. The first kappa shape index (κ1) is 17.1. The fraction of sp³-hybridized carbons (Fsp3) is 0.600. The van der Waals surface area contributed by atoms with Crippen LogP contribution in [0.3, 0.4) is 0 Å². The summed E-state index contributed by atoms with van der Waals surface area (Å²) in [5, 5.41) is 10.6. The summed E-state index contributed by atoms with van der Waals surface area (Å²) in [5.41, 5.74) is 4.37. The van der Waals surface area contributed by atoms with Gasteiger partial charge in [-0.25, -0.2) is 0 Å². The third-order valence-corrected chi connectivity index (χ3v) is 4.91. The minimum absolute atomic E-state index is 0.469. The van der Waals surface area contributed by atoms with Gasteiger partial charge in [0.15, 0.2) is 0 Å². The van der Waals surface area contributed by atoms with Crippen LogP contribution in [0.5, 0.6) is 0 Å². The molecule has 2 aliphatic rings. The summed E-state index contributed by atoms with van der Waals surface area (Å²) >= 11 is 0. The zero-order chi connectivity index (χ0) is 16.3. The number of rotatable bonds is 1. The predicted molar refractivity (Wildman–Crippen MR) is 92.6 cm³/mol. The van der Waals surface area contributed by atoms with Crippen LogP contribution < -0.4 is 0 Å². The average Bonchev–Trinajstić information content (AvgIpc) is 2.41. The van der Waals surface area contributed by atoms with E-state index in [9.17, 15) is 5.11 Å². The van der Waals surface area contributed by atoms with Gasteiger partial charge in [-0.1, -0.05) is 35.5 Å². The Balaban J connectivity index is 2.38. The van der Waals surface area contributed by atoms with Crippen molar-refractivity contribution in [2.45, 2.75) is 77.9 Å². The van der Waals surface area contributed by atoms with Crippen molar-refractivity contribution >= 4 is 0 Å². The number of allylic oxidation sites excluding steroid dienone is 5. The second-order valence-electron chi connectivity index (χ2n) is 7.17. The zero-order valence-corrected chi connectivity index (χ0v) is 14.5. The Kier molecular flexibility index (Phi) is 5.33. The summed E-state index contributed by atoms with van der Waals surface area (Å²) in [6, 6.07) is 0. The maximum absolute atomic E-state index is 10.6. The molecular weight excluding hydrogens is 272 g/mol. The van der Waals surface area contributed by atoms with Gasteiger partial charge in [0.05, 0.1) is 6.10 Å². The van der Waals surface area contributed by atoms with Crippen LogP contribution in [0.2, 0.25) is 0 Å². The van der Waals surface area contributed by atoms with Crippen molar-refractivity contribution in [1.82, 2.24) is 0 Å². The van der Waals surface area contributed by atoms with Gasteiger partial charge in [-0.15, -0.1) is 0 Å². The van der Waals surface area contributed by atoms with Gasteiger partial charge in [0.2, 0.25) is 0 Å². The van der Waals surface area contributed by atoms with Gasteiger partial charge in [-0.05, 0) is 59.0 Å². The zero-order valence-electron chi connectivity index (χ0n) is 14.5. The molecule has 0 saturated heterocycles. The van der Waals surface area contributed by atoms with Gasteiger partial charge in [-0.3, -0.25) is 0 Å². The second-order valence-corrected chi connectivity index (χ2v) is 7.17. The molecular formula is C20H30O2. The minimum Gasteiger partial charge on any atom is -0.489 e. The number of hydrogen-bond donors (Lipinski definition) is 1. The lowest BCUT2D eigenvalue weighted by molar-refractivity contribution is -0.101. The van der Waals surface area contributed by atoms with Crippen LogP contribution >= 0.6 is 0 Å². The van der Waals surface area contributed by atoms with Crippen LogP contribution in [0.1, 0.15) is 66.2 Å². The quantitative estimate of drug-likeness (QED) is 0.673. The molecule has 122 valence electrons. The molecule has 0 radical (unpaired) electrons. The lowest BCUT2D eigenvalue weighted by Gasteiger charge is -2.41. The molecule has 0 fully saturated rings. The van der Waals surface area contributed by atoms with Crippen molar-refractivity contribution < 1.29 is 9.84 Å². The summed E-state index contributed by atoms with van der Waals surface area (Å²) in [6.45, 7) is 12.5. The maximum Gasteiger partial charge on any atom is 0.132 e. The Hall–Kier alpha value is -1.28. The van der Waals surface area contributed by atoms with E-state index >= 15 is 0 Å². The Bertz CT molecular complexity index is 536. The van der Waals surface area contributed by atoms with Gasteiger partial charge in [0.1, 0.15) is 11.4 Å². The lowest BCUT2D eigenvalue weighted by Crippen LogP contribution is -2.45. The molecule has 0 amide bonds. The fourth-order valence-corrected chi connectivity index (χ4v) is 3.29. The molecule has 2 nitrogen and oxygen atoms in total. The van der Waals surface area contributed by atoms with Gasteiger partial charge in [-0.2, -0.15) is 0 Å². The van der Waals surface area contributed by atoms with Crippen molar-refractivity contribution in [1.29, 1.82) is 0 Å². The molecule has 0 saturated carbocycles. The monoisotopic (exact) mass is 302 g/mol. The molecule has 2 aliphatic heterocycles. The van der Waals surface area contributed by atoms with Crippen LogP contribution in [0.4, 0.5) is 0 Å². The highest BCUT2D eigenvalue weighted by molar-refractivity contribution is 5.34. The maximum atomic E-state index is 10.6. The minimum atomic E-state index is -0.495. The van der Waals surface area contributed by atoms with E-state index in [0.29, 0.717) is 6.42 Å². The first-order valence-electron chi connectivity index (χ1n) is 8.38. The third kappa shape index (κ3) is 3.92. The Morgan fingerprint density at radius 1 is 1.27 bits per heavy atom. The lowest BCUT2D eigenvalue weighted by atomic mass is 9.83. The normalized spacial score (nSPS) is 35.2. The van der Waals surface area contributed by atoms with Crippen LogP contribution in [0.15, 0.2) is 46.8 Å². The van der Waals surface area contributed by atoms with Crippen molar-refractivity contribution in [3.05, 3.63) is 46.8 Å². The van der Waals surface area contributed by atoms with Crippen LogP contribution in [0, 0.1) is 0 Å².